The highest BCUT2D eigenvalue weighted by Crippen LogP contribution is 2.23. The minimum absolute atomic E-state index is 0.0408. The third kappa shape index (κ3) is 4.58. The predicted molar refractivity (Wildman–Crippen MR) is 105 cm³/mol. The van der Waals surface area contributed by atoms with E-state index in [4.69, 9.17) is 4.74 Å². The van der Waals surface area contributed by atoms with Gasteiger partial charge in [0.05, 0.1) is 5.75 Å². The number of rotatable bonds is 7. The Labute approximate surface area is 167 Å². The molecule has 0 amide bonds. The molecule has 0 N–H and O–H groups in total. The van der Waals surface area contributed by atoms with Gasteiger partial charge in [0.1, 0.15) is 12.6 Å². The smallest absolute Gasteiger partial charge is 0.324 e. The number of aromatic nitrogens is 3. The van der Waals surface area contributed by atoms with Crippen molar-refractivity contribution in [1.29, 1.82) is 0 Å². The molecule has 0 aliphatic carbocycles. The molecule has 1 aliphatic rings. The fourth-order valence-electron chi connectivity index (χ4n) is 3.16. The molecule has 0 spiro atoms. The number of piperidine rings is 1. The average molecular weight is 429 g/mol. The molecule has 3 heterocycles. The second-order valence-corrected chi connectivity index (χ2v) is 9.91. The number of unbranched alkanes of at least 4 members (excludes halogenated alkanes) is 1. The molecule has 11 heteroatoms. The number of hydrogen-bond acceptors (Lipinski definition) is 8. The summed E-state index contributed by atoms with van der Waals surface area (Å²) < 4.78 is 33.0. The molecule has 28 heavy (non-hydrogen) atoms. The molecular formula is C17H24N4O5S2. The second kappa shape index (κ2) is 8.66. The molecule has 0 aromatic carbocycles. The molecule has 0 bridgehead atoms. The maximum Gasteiger partial charge on any atom is 0.324 e. The quantitative estimate of drug-likeness (QED) is 0.614. The van der Waals surface area contributed by atoms with Crippen molar-refractivity contribution in [3.05, 3.63) is 27.1 Å². The normalized spacial score (nSPS) is 18.4. The minimum atomic E-state index is -3.49. The van der Waals surface area contributed by atoms with Crippen molar-refractivity contribution < 1.29 is 17.9 Å². The Morgan fingerprint density at radius 2 is 2.18 bits per heavy atom. The van der Waals surface area contributed by atoms with Crippen molar-refractivity contribution in [3.63, 3.8) is 0 Å². The molecule has 9 nitrogen and oxygen atoms in total. The summed E-state index contributed by atoms with van der Waals surface area (Å²) in [6, 6.07) is 0.580. The van der Waals surface area contributed by atoms with Crippen molar-refractivity contribution >= 4 is 32.3 Å². The van der Waals surface area contributed by atoms with Gasteiger partial charge in [-0.2, -0.15) is 13.9 Å². The van der Waals surface area contributed by atoms with E-state index in [1.54, 1.807) is 6.92 Å². The van der Waals surface area contributed by atoms with E-state index in [0.29, 0.717) is 35.0 Å². The Morgan fingerprint density at radius 3 is 2.93 bits per heavy atom. The average Bonchev–Trinajstić information content (AvgIpc) is 3.08. The molecule has 1 atom stereocenters. The highest BCUT2D eigenvalue weighted by Gasteiger charge is 2.37. The van der Waals surface area contributed by atoms with Crippen molar-refractivity contribution in [3.8, 4) is 0 Å². The summed E-state index contributed by atoms with van der Waals surface area (Å²) in [6.45, 7) is 3.87. The number of carbonyl (C=O) groups is 1. The van der Waals surface area contributed by atoms with Crippen LogP contribution in [0.15, 0.2) is 10.9 Å². The SMILES string of the molecule is CCCCS(=O)(=O)N1CCCCC1C(=O)OCc1nn2c(=O)cc(C)nc2s1. The first-order valence-corrected chi connectivity index (χ1v) is 11.8. The third-order valence-corrected chi connectivity index (χ3v) is 7.43. The third-order valence-electron chi connectivity index (χ3n) is 4.59. The van der Waals surface area contributed by atoms with Gasteiger partial charge < -0.3 is 4.74 Å². The molecule has 1 aliphatic heterocycles. The number of carbonyl (C=O) groups excluding carboxylic acids is 1. The number of ether oxygens (including phenoxy) is 1. The summed E-state index contributed by atoms with van der Waals surface area (Å²) in [5.41, 5.74) is 0.295. The fraction of sp³-hybridized carbons (Fsp3) is 0.647. The largest absolute Gasteiger partial charge is 0.457 e. The van der Waals surface area contributed by atoms with Gasteiger partial charge in [-0.05, 0) is 32.6 Å². The molecule has 1 saturated heterocycles. The highest BCUT2D eigenvalue weighted by molar-refractivity contribution is 7.89. The first-order chi connectivity index (χ1) is 13.3. The Hall–Kier alpha value is -1.85. The molecule has 2 aromatic heterocycles. The monoisotopic (exact) mass is 428 g/mol. The van der Waals surface area contributed by atoms with Gasteiger partial charge in [0.25, 0.3) is 5.56 Å². The van der Waals surface area contributed by atoms with E-state index >= 15 is 0 Å². The lowest BCUT2D eigenvalue weighted by Gasteiger charge is -2.32. The van der Waals surface area contributed by atoms with E-state index in [0.717, 1.165) is 30.6 Å². The van der Waals surface area contributed by atoms with E-state index in [1.807, 2.05) is 6.92 Å². The van der Waals surface area contributed by atoms with E-state index in [9.17, 15) is 18.0 Å². The first-order valence-electron chi connectivity index (χ1n) is 9.34. The van der Waals surface area contributed by atoms with Crippen LogP contribution in [0.4, 0.5) is 0 Å². The number of aryl methyl sites for hydroxylation is 1. The van der Waals surface area contributed by atoms with Gasteiger partial charge in [0.2, 0.25) is 15.0 Å². The molecule has 0 radical (unpaired) electrons. The van der Waals surface area contributed by atoms with Crippen molar-refractivity contribution in [2.45, 2.75) is 58.6 Å². The van der Waals surface area contributed by atoms with Crippen LogP contribution >= 0.6 is 11.3 Å². The van der Waals surface area contributed by atoms with Crippen LogP contribution in [0, 0.1) is 6.92 Å². The van der Waals surface area contributed by atoms with E-state index in [1.165, 1.54) is 14.9 Å². The second-order valence-electron chi connectivity index (χ2n) is 6.83. The summed E-state index contributed by atoms with van der Waals surface area (Å²) >= 11 is 1.16. The zero-order chi connectivity index (χ0) is 20.3. The van der Waals surface area contributed by atoms with Gasteiger partial charge in [0.15, 0.2) is 5.01 Å². The number of esters is 1. The Morgan fingerprint density at radius 1 is 1.39 bits per heavy atom. The lowest BCUT2D eigenvalue weighted by atomic mass is 10.1. The van der Waals surface area contributed by atoms with Crippen LogP contribution in [0.5, 0.6) is 0 Å². The van der Waals surface area contributed by atoms with Crippen LogP contribution in [0.1, 0.15) is 49.7 Å². The van der Waals surface area contributed by atoms with Crippen LogP contribution in [0.3, 0.4) is 0 Å². The lowest BCUT2D eigenvalue weighted by molar-refractivity contribution is -0.150. The van der Waals surface area contributed by atoms with Crippen molar-refractivity contribution in [2.75, 3.05) is 12.3 Å². The van der Waals surface area contributed by atoms with E-state index in [-0.39, 0.29) is 17.9 Å². The minimum Gasteiger partial charge on any atom is -0.457 e. The van der Waals surface area contributed by atoms with Gasteiger partial charge in [-0.15, -0.1) is 0 Å². The Balaban J connectivity index is 1.71. The highest BCUT2D eigenvalue weighted by atomic mass is 32.2. The van der Waals surface area contributed by atoms with Gasteiger partial charge in [0, 0.05) is 18.3 Å². The summed E-state index contributed by atoms with van der Waals surface area (Å²) in [4.78, 5) is 29.2. The Kier molecular flexibility index (Phi) is 6.46. The Bertz CT molecular complexity index is 1010. The van der Waals surface area contributed by atoms with Crippen molar-refractivity contribution in [1.82, 2.24) is 18.9 Å². The summed E-state index contributed by atoms with van der Waals surface area (Å²) in [7, 11) is -3.49. The standard InChI is InChI=1S/C17H24N4O5S2/c1-3-4-9-28(24,25)20-8-6-5-7-13(20)16(23)26-11-14-19-21-15(22)10-12(2)18-17(21)27-14/h10,13H,3-9,11H2,1-2H3. The molecular weight excluding hydrogens is 404 g/mol. The van der Waals surface area contributed by atoms with Crippen LogP contribution in [0.25, 0.3) is 4.96 Å². The number of fused-ring (bicyclic) bond motifs is 1. The molecule has 1 unspecified atom stereocenters. The predicted octanol–water partition coefficient (Wildman–Crippen LogP) is 1.49. The van der Waals surface area contributed by atoms with Crippen LogP contribution in [0.2, 0.25) is 0 Å². The summed E-state index contributed by atoms with van der Waals surface area (Å²) in [6.07, 6.45) is 3.30. The fourth-order valence-corrected chi connectivity index (χ4v) is 5.90. The number of hydrogen-bond donors (Lipinski definition) is 0. The van der Waals surface area contributed by atoms with Crippen molar-refractivity contribution in [2.24, 2.45) is 0 Å². The maximum absolute atomic E-state index is 12.6. The zero-order valence-electron chi connectivity index (χ0n) is 16.0. The topological polar surface area (TPSA) is 111 Å². The number of nitrogens with zero attached hydrogens (tertiary/aromatic N) is 4. The zero-order valence-corrected chi connectivity index (χ0v) is 17.6. The van der Waals surface area contributed by atoms with E-state index < -0.39 is 22.0 Å². The lowest BCUT2D eigenvalue weighted by Crippen LogP contribution is -2.49. The van der Waals surface area contributed by atoms with Gasteiger partial charge in [-0.3, -0.25) is 9.59 Å². The van der Waals surface area contributed by atoms with Gasteiger partial charge in [-0.1, -0.05) is 24.7 Å². The summed E-state index contributed by atoms with van der Waals surface area (Å²) in [5.74, 6) is -0.533. The molecule has 3 rings (SSSR count). The van der Waals surface area contributed by atoms with Crippen LogP contribution < -0.4 is 5.56 Å². The van der Waals surface area contributed by atoms with Gasteiger partial charge >= 0.3 is 5.97 Å². The first kappa shape index (κ1) is 20.9. The van der Waals surface area contributed by atoms with E-state index in [2.05, 4.69) is 10.1 Å². The summed E-state index contributed by atoms with van der Waals surface area (Å²) in [5, 5.41) is 4.56. The molecule has 2 aromatic rings. The maximum atomic E-state index is 12.6. The molecule has 1 fully saturated rings. The van der Waals surface area contributed by atoms with Gasteiger partial charge in [-0.25, -0.2) is 13.4 Å². The number of sulfonamides is 1. The molecule has 154 valence electrons. The van der Waals surface area contributed by atoms with Crippen LogP contribution in [-0.4, -0.2) is 51.6 Å². The van der Waals surface area contributed by atoms with Crippen LogP contribution in [-0.2, 0) is 26.2 Å². The molecule has 0 saturated carbocycles.